The average molecular weight is 280 g/mol. The molecule has 0 bridgehead atoms. The van der Waals surface area contributed by atoms with Crippen LogP contribution in [0.1, 0.15) is 2.85 Å². The molecule has 0 spiro atoms. The van der Waals surface area contributed by atoms with Crippen LogP contribution in [0.5, 0.6) is 0 Å². The van der Waals surface area contributed by atoms with E-state index in [1.54, 1.807) is 0 Å². The number of hydrogen-bond acceptors (Lipinski definition) is 3. The van der Waals surface area contributed by atoms with Crippen molar-refractivity contribution in [3.05, 3.63) is 0 Å². The van der Waals surface area contributed by atoms with Crippen molar-refractivity contribution in [1.29, 1.82) is 0 Å². The van der Waals surface area contributed by atoms with Crippen LogP contribution in [0.15, 0.2) is 0 Å². The van der Waals surface area contributed by atoms with Crippen LogP contribution in [-0.4, -0.2) is 81.6 Å². The molecule has 10 heavy (non-hydrogen) atoms. The summed E-state index contributed by atoms with van der Waals surface area (Å²) in [6.45, 7) is 0. The van der Waals surface area contributed by atoms with E-state index in [2.05, 4.69) is 0 Å². The molecule has 0 saturated carbocycles. The number of carboxylic acid groups (broad SMARTS) is 4. The topological polar surface area (TPSA) is 150 Å². The van der Waals surface area contributed by atoms with Gasteiger partial charge in [0, 0.05) is 0 Å². The third-order valence-corrected chi connectivity index (χ3v) is 0. The molecule has 0 heterocycles. The quantitative estimate of drug-likeness (QED) is 0.404. The maximum Gasteiger partial charge on any atom is 2.00 e. The van der Waals surface area contributed by atoms with Gasteiger partial charge in [0.05, 0.1) is 0 Å². The summed E-state index contributed by atoms with van der Waals surface area (Å²) in [7, 11) is 0. The summed E-state index contributed by atoms with van der Waals surface area (Å²) < 4.78 is 0. The molecule has 0 aliphatic heterocycles. The Morgan fingerprint density at radius 1 is 0.900 bits per heavy atom. The maximum atomic E-state index is 8.56. The molecule has 0 amide bonds. The van der Waals surface area contributed by atoms with Crippen LogP contribution in [0.4, 0.5) is 9.59 Å². The first-order valence-corrected chi connectivity index (χ1v) is 1.30. The minimum Gasteiger partial charge on any atom is -1.00 e. The fraction of sp³-hybridized carbons (Fsp3) is 0. The Morgan fingerprint density at radius 2 is 0.900 bits per heavy atom. The zero-order valence-corrected chi connectivity index (χ0v) is 9.46. The molecule has 0 radical (unpaired) electrons. The van der Waals surface area contributed by atoms with Gasteiger partial charge in [-0.05, 0) is 0 Å². The minimum atomic E-state index is -1.83. The SMILES string of the molecule is N.O=C(O)O.O=C(O)O.[Ba+2].[H-].[H-]. The molecule has 7 N–H and O–H groups in total. The monoisotopic (exact) mass is 281 g/mol. The van der Waals surface area contributed by atoms with Crippen molar-refractivity contribution >= 4 is 61.2 Å². The summed E-state index contributed by atoms with van der Waals surface area (Å²) in [5.41, 5.74) is 0. The van der Waals surface area contributed by atoms with E-state index in [1.165, 1.54) is 0 Å². The van der Waals surface area contributed by atoms with Gasteiger partial charge in [-0.15, -0.1) is 0 Å². The summed E-state index contributed by atoms with van der Waals surface area (Å²) in [4.78, 5) is 17.1. The Kier molecular flexibility index (Phi) is 36.0. The first-order chi connectivity index (χ1) is 3.46. The van der Waals surface area contributed by atoms with Crippen LogP contribution in [0.25, 0.3) is 0 Å². The average Bonchev–Trinajstić information content (AvgIpc) is 1.25. The van der Waals surface area contributed by atoms with Crippen molar-refractivity contribution in [3.8, 4) is 0 Å². The van der Waals surface area contributed by atoms with Gasteiger partial charge in [0.15, 0.2) is 0 Å². The van der Waals surface area contributed by atoms with Gasteiger partial charge >= 0.3 is 61.2 Å². The van der Waals surface area contributed by atoms with Crippen LogP contribution in [0, 0.1) is 0 Å². The Morgan fingerprint density at radius 3 is 0.900 bits per heavy atom. The predicted molar refractivity (Wildman–Crippen MR) is 34.3 cm³/mol. The molecule has 8 heteroatoms. The second-order valence-electron chi connectivity index (χ2n) is 0.565. The Hall–Kier alpha value is 0.0714. The molecule has 60 valence electrons. The minimum absolute atomic E-state index is 0. The van der Waals surface area contributed by atoms with Crippen molar-refractivity contribution in [2.45, 2.75) is 0 Å². The van der Waals surface area contributed by atoms with Crippen LogP contribution in [0.3, 0.4) is 0 Å². The van der Waals surface area contributed by atoms with E-state index >= 15 is 0 Å². The Bertz CT molecular complexity index is 81.5. The molecular formula is C2H9BaNO6. The van der Waals surface area contributed by atoms with Crippen molar-refractivity contribution in [2.75, 3.05) is 0 Å². The van der Waals surface area contributed by atoms with E-state index in [0.717, 1.165) is 0 Å². The van der Waals surface area contributed by atoms with Gasteiger partial charge < -0.3 is 29.4 Å². The Labute approximate surface area is 99.3 Å². The van der Waals surface area contributed by atoms with Gasteiger partial charge in [-0.3, -0.25) is 0 Å². The zero-order chi connectivity index (χ0) is 7.15. The number of carbonyl (C=O) groups is 2. The first kappa shape index (κ1) is 22.5. The second kappa shape index (κ2) is 16.0. The van der Waals surface area contributed by atoms with Gasteiger partial charge in [0.2, 0.25) is 0 Å². The molecule has 0 aromatic carbocycles. The van der Waals surface area contributed by atoms with Crippen molar-refractivity contribution in [1.82, 2.24) is 6.15 Å². The normalized spacial score (nSPS) is 4.80. The van der Waals surface area contributed by atoms with E-state index in [9.17, 15) is 0 Å². The van der Waals surface area contributed by atoms with Gasteiger partial charge in [0.1, 0.15) is 0 Å². The smallest absolute Gasteiger partial charge is 1.00 e. The Balaban J connectivity index is -0.0000000112. The molecule has 0 aromatic rings. The molecule has 0 rings (SSSR count). The van der Waals surface area contributed by atoms with Crippen molar-refractivity contribution in [2.24, 2.45) is 0 Å². The van der Waals surface area contributed by atoms with E-state index in [0.29, 0.717) is 0 Å². The van der Waals surface area contributed by atoms with Gasteiger partial charge in [-0.1, -0.05) is 0 Å². The summed E-state index contributed by atoms with van der Waals surface area (Å²) in [6.07, 6.45) is -3.67. The zero-order valence-electron chi connectivity index (χ0n) is 7.02. The fourth-order valence-corrected chi connectivity index (χ4v) is 0. The third-order valence-electron chi connectivity index (χ3n) is 0. The van der Waals surface area contributed by atoms with E-state index in [-0.39, 0.29) is 57.9 Å². The number of hydrogen-bond donors (Lipinski definition) is 5. The molecule has 0 fully saturated rings. The van der Waals surface area contributed by atoms with Crippen molar-refractivity contribution in [3.63, 3.8) is 0 Å². The van der Waals surface area contributed by atoms with Crippen LogP contribution >= 0.6 is 0 Å². The maximum absolute atomic E-state index is 8.56. The largest absolute Gasteiger partial charge is 2.00 e. The first-order valence-electron chi connectivity index (χ1n) is 1.30. The number of rotatable bonds is 0. The molecule has 0 saturated heterocycles. The summed E-state index contributed by atoms with van der Waals surface area (Å²) in [5.74, 6) is 0. The second-order valence-corrected chi connectivity index (χ2v) is 0.565. The molecular weight excluding hydrogens is 271 g/mol. The molecule has 0 aromatic heterocycles. The fourth-order valence-electron chi connectivity index (χ4n) is 0. The third kappa shape index (κ3) is 79100. The van der Waals surface area contributed by atoms with E-state index in [4.69, 9.17) is 30.0 Å². The van der Waals surface area contributed by atoms with E-state index in [1.807, 2.05) is 0 Å². The van der Waals surface area contributed by atoms with Gasteiger partial charge in [-0.25, -0.2) is 9.59 Å². The summed E-state index contributed by atoms with van der Waals surface area (Å²) in [5, 5.41) is 27.9. The molecule has 7 nitrogen and oxygen atoms in total. The van der Waals surface area contributed by atoms with Gasteiger partial charge in [-0.2, -0.15) is 0 Å². The van der Waals surface area contributed by atoms with E-state index < -0.39 is 12.3 Å². The van der Waals surface area contributed by atoms with Gasteiger partial charge in [0.25, 0.3) is 0 Å². The molecule has 0 atom stereocenters. The molecule has 0 unspecified atom stereocenters. The van der Waals surface area contributed by atoms with Crippen molar-refractivity contribution < 1.29 is 32.9 Å². The summed E-state index contributed by atoms with van der Waals surface area (Å²) >= 11 is 0. The van der Waals surface area contributed by atoms with Crippen LogP contribution in [0.2, 0.25) is 0 Å². The molecule has 0 aliphatic rings. The predicted octanol–water partition coefficient (Wildman–Crippen LogP) is 0.451. The van der Waals surface area contributed by atoms with Crippen LogP contribution in [-0.2, 0) is 0 Å². The standard InChI is InChI=1S/2CH2O3.Ba.H3N.2H/c2*2-1(3)4;;;;/h2*(H2,2,3,4);;1H3;;/q;;+2;;2*-1. The summed E-state index contributed by atoms with van der Waals surface area (Å²) in [6, 6.07) is 0. The molecule has 0 aliphatic carbocycles. The van der Waals surface area contributed by atoms with Crippen LogP contribution < -0.4 is 6.15 Å².